The number of aromatic nitrogens is 4. The van der Waals surface area contributed by atoms with E-state index < -0.39 is 5.69 Å². The maximum absolute atomic E-state index is 13.5. The summed E-state index contributed by atoms with van der Waals surface area (Å²) >= 11 is 6.30. The van der Waals surface area contributed by atoms with Gasteiger partial charge in [-0.1, -0.05) is 49.6 Å². The molecule has 0 radical (unpaired) electrons. The Labute approximate surface area is 200 Å². The van der Waals surface area contributed by atoms with Gasteiger partial charge in [-0.15, -0.1) is 5.10 Å². The van der Waals surface area contributed by atoms with Crippen molar-refractivity contribution in [2.24, 2.45) is 0 Å². The van der Waals surface area contributed by atoms with Crippen molar-refractivity contribution in [1.82, 2.24) is 24.1 Å². The molecule has 0 spiro atoms. The summed E-state index contributed by atoms with van der Waals surface area (Å²) in [5.74, 6) is 0.0564. The first-order valence-corrected chi connectivity index (χ1v) is 12.1. The minimum absolute atomic E-state index is 0.168. The van der Waals surface area contributed by atoms with Crippen LogP contribution < -0.4 is 16.6 Å². The number of hydrogen-bond donors (Lipinski definition) is 1. The summed E-state index contributed by atoms with van der Waals surface area (Å²) in [6, 6.07) is 12.3. The summed E-state index contributed by atoms with van der Waals surface area (Å²) in [6.07, 6.45) is 4.87. The number of hydrogen-bond acceptors (Lipinski definition) is 4. The van der Waals surface area contributed by atoms with E-state index in [4.69, 9.17) is 11.6 Å². The lowest BCUT2D eigenvalue weighted by Gasteiger charge is -2.13. The molecule has 2 aromatic heterocycles. The van der Waals surface area contributed by atoms with Crippen LogP contribution in [0, 0.1) is 0 Å². The van der Waals surface area contributed by atoms with E-state index in [1.807, 2.05) is 25.1 Å². The van der Waals surface area contributed by atoms with Crippen molar-refractivity contribution in [1.29, 1.82) is 0 Å². The lowest BCUT2D eigenvalue weighted by molar-refractivity contribution is 0.0938. The summed E-state index contributed by atoms with van der Waals surface area (Å²) in [6.45, 7) is 2.55. The Hall–Kier alpha value is -3.39. The summed E-state index contributed by atoms with van der Waals surface area (Å²) in [5.41, 5.74) is 0.918. The van der Waals surface area contributed by atoms with Crippen molar-refractivity contribution < 1.29 is 4.79 Å². The van der Waals surface area contributed by atoms with Crippen LogP contribution in [0.1, 0.15) is 54.9 Å². The Bertz CT molecular complexity index is 1510. The highest BCUT2D eigenvalue weighted by atomic mass is 35.5. The molecule has 0 atom stereocenters. The molecule has 0 saturated heterocycles. The van der Waals surface area contributed by atoms with Crippen molar-refractivity contribution in [3.63, 3.8) is 0 Å². The quantitative estimate of drug-likeness (QED) is 0.457. The minimum Gasteiger partial charge on any atom is -0.349 e. The topological polar surface area (TPSA) is 90.4 Å². The average Bonchev–Trinajstić information content (AvgIpc) is 3.46. The van der Waals surface area contributed by atoms with Crippen LogP contribution in [0.2, 0.25) is 5.02 Å². The van der Waals surface area contributed by atoms with E-state index in [1.165, 1.54) is 13.6 Å². The van der Waals surface area contributed by atoms with E-state index in [0.29, 0.717) is 34.5 Å². The van der Waals surface area contributed by atoms with Crippen molar-refractivity contribution in [3.8, 4) is 0 Å². The fourth-order valence-corrected chi connectivity index (χ4v) is 4.91. The highest BCUT2D eigenvalue weighted by Crippen LogP contribution is 2.20. The zero-order valence-corrected chi connectivity index (χ0v) is 19.7. The molecular formula is C25H26ClN5O3. The SMILES string of the molecule is CCCn1c(=O)c2ccc(C(=O)NC3CCCC3)cc2n2c(=O)n(Cc3ccccc3Cl)nc12. The van der Waals surface area contributed by atoms with Gasteiger partial charge in [0.1, 0.15) is 0 Å². The van der Waals surface area contributed by atoms with Gasteiger partial charge in [-0.3, -0.25) is 14.2 Å². The summed E-state index contributed by atoms with van der Waals surface area (Å²) in [5, 5.41) is 8.48. The van der Waals surface area contributed by atoms with Crippen LogP contribution >= 0.6 is 11.6 Å². The van der Waals surface area contributed by atoms with E-state index in [-0.39, 0.29) is 29.8 Å². The number of nitrogens with one attached hydrogen (secondary N) is 1. The normalized spacial score (nSPS) is 14.3. The van der Waals surface area contributed by atoms with Crippen LogP contribution in [0.4, 0.5) is 0 Å². The van der Waals surface area contributed by atoms with E-state index in [1.54, 1.807) is 24.3 Å². The predicted molar refractivity (Wildman–Crippen MR) is 132 cm³/mol. The number of halogens is 1. The maximum atomic E-state index is 13.5. The van der Waals surface area contributed by atoms with E-state index in [0.717, 1.165) is 31.2 Å². The summed E-state index contributed by atoms with van der Waals surface area (Å²) < 4.78 is 4.26. The lowest BCUT2D eigenvalue weighted by Crippen LogP contribution is -2.32. The number of nitrogens with zero attached hydrogens (tertiary/aromatic N) is 4. The monoisotopic (exact) mass is 479 g/mol. The molecule has 2 aromatic carbocycles. The van der Waals surface area contributed by atoms with Crippen molar-refractivity contribution in [2.75, 3.05) is 0 Å². The Morgan fingerprint density at radius 2 is 1.91 bits per heavy atom. The molecular weight excluding hydrogens is 454 g/mol. The third-order valence-electron chi connectivity index (χ3n) is 6.46. The smallest absolute Gasteiger partial charge is 0.349 e. The summed E-state index contributed by atoms with van der Waals surface area (Å²) in [4.78, 5) is 39.7. The number of aryl methyl sites for hydroxylation is 1. The van der Waals surface area contributed by atoms with Crippen LogP contribution in [-0.2, 0) is 13.1 Å². The Morgan fingerprint density at radius 3 is 2.65 bits per heavy atom. The fraction of sp³-hybridized carbons (Fsp3) is 0.360. The number of fused-ring (bicyclic) bond motifs is 3. The third kappa shape index (κ3) is 3.92. The molecule has 1 aliphatic rings. The molecule has 0 bridgehead atoms. The van der Waals surface area contributed by atoms with Gasteiger partial charge in [0.15, 0.2) is 0 Å². The van der Waals surface area contributed by atoms with Gasteiger partial charge < -0.3 is 5.32 Å². The van der Waals surface area contributed by atoms with E-state index in [2.05, 4.69) is 10.4 Å². The zero-order chi connectivity index (χ0) is 23.8. The third-order valence-corrected chi connectivity index (χ3v) is 6.82. The van der Waals surface area contributed by atoms with Crippen LogP contribution in [0.3, 0.4) is 0 Å². The molecule has 0 aliphatic heterocycles. The predicted octanol–water partition coefficient (Wildman–Crippen LogP) is 3.60. The lowest BCUT2D eigenvalue weighted by atomic mass is 10.1. The Morgan fingerprint density at radius 1 is 1.15 bits per heavy atom. The summed E-state index contributed by atoms with van der Waals surface area (Å²) in [7, 11) is 0. The number of benzene rings is 2. The van der Waals surface area contributed by atoms with Crippen molar-refractivity contribution in [2.45, 2.75) is 58.2 Å². The number of rotatable bonds is 6. The second-order valence-electron chi connectivity index (χ2n) is 8.81. The number of carbonyl (C=O) groups is 1. The first kappa shape index (κ1) is 22.4. The first-order chi connectivity index (χ1) is 16.5. The largest absolute Gasteiger partial charge is 0.352 e. The molecule has 9 heteroatoms. The zero-order valence-electron chi connectivity index (χ0n) is 19.0. The Kier molecular flexibility index (Phi) is 6.00. The molecule has 1 fully saturated rings. The number of amides is 1. The van der Waals surface area contributed by atoms with Crippen LogP contribution in [0.25, 0.3) is 16.7 Å². The molecule has 2 heterocycles. The van der Waals surface area contributed by atoms with Gasteiger partial charge in [0, 0.05) is 23.2 Å². The highest BCUT2D eigenvalue weighted by Gasteiger charge is 2.21. The average molecular weight is 480 g/mol. The second-order valence-corrected chi connectivity index (χ2v) is 9.22. The van der Waals surface area contributed by atoms with Gasteiger partial charge in [-0.25, -0.2) is 13.9 Å². The van der Waals surface area contributed by atoms with Crippen LogP contribution in [-0.4, -0.2) is 30.7 Å². The Balaban J connectivity index is 1.68. The fourth-order valence-electron chi connectivity index (χ4n) is 4.71. The number of carbonyl (C=O) groups excluding carboxylic acids is 1. The molecule has 1 aliphatic carbocycles. The van der Waals surface area contributed by atoms with Crippen molar-refractivity contribution >= 4 is 34.2 Å². The minimum atomic E-state index is -0.391. The standard InChI is InChI=1S/C25H26ClN5O3/c1-2-13-29-23(33)19-12-11-16(22(32)27-18-8-4-5-9-18)14-21(19)31-24(29)28-30(25(31)34)15-17-7-3-6-10-20(17)26/h3,6-7,10-12,14,18H,2,4-5,8-9,13,15H2,1H3,(H,27,32). The van der Waals surface area contributed by atoms with Gasteiger partial charge in [0.25, 0.3) is 11.5 Å². The molecule has 0 unspecified atom stereocenters. The van der Waals surface area contributed by atoms with Gasteiger partial charge >= 0.3 is 5.69 Å². The van der Waals surface area contributed by atoms with Gasteiger partial charge in [0.05, 0.1) is 17.4 Å². The van der Waals surface area contributed by atoms with Gasteiger partial charge in [0.2, 0.25) is 5.78 Å². The van der Waals surface area contributed by atoms with Crippen LogP contribution in [0.5, 0.6) is 0 Å². The molecule has 4 aromatic rings. The van der Waals surface area contributed by atoms with E-state index >= 15 is 0 Å². The second kappa shape index (κ2) is 9.10. The van der Waals surface area contributed by atoms with Crippen molar-refractivity contribution in [3.05, 3.63) is 79.5 Å². The molecule has 1 N–H and O–H groups in total. The first-order valence-electron chi connectivity index (χ1n) is 11.7. The molecule has 176 valence electrons. The molecule has 1 amide bonds. The van der Waals surface area contributed by atoms with Gasteiger partial charge in [-0.05, 0) is 49.1 Å². The molecule has 5 rings (SSSR count). The maximum Gasteiger partial charge on any atom is 0.352 e. The van der Waals surface area contributed by atoms with Crippen LogP contribution in [0.15, 0.2) is 52.1 Å². The molecule has 34 heavy (non-hydrogen) atoms. The van der Waals surface area contributed by atoms with E-state index in [9.17, 15) is 14.4 Å². The molecule has 8 nitrogen and oxygen atoms in total. The van der Waals surface area contributed by atoms with Gasteiger partial charge in [-0.2, -0.15) is 0 Å². The molecule has 1 saturated carbocycles. The highest BCUT2D eigenvalue weighted by molar-refractivity contribution is 6.31.